The van der Waals surface area contributed by atoms with Gasteiger partial charge in [0.1, 0.15) is 12.1 Å². The summed E-state index contributed by atoms with van der Waals surface area (Å²) in [6, 6.07) is 6.55. The molecule has 0 spiro atoms. The predicted octanol–water partition coefficient (Wildman–Crippen LogP) is 1.81. The number of allylic oxidation sites excluding steroid dienone is 1. The largest absolute Gasteiger partial charge is 0.467 e. The molecule has 1 aliphatic rings. The van der Waals surface area contributed by atoms with Gasteiger partial charge in [0.25, 0.3) is 0 Å². The summed E-state index contributed by atoms with van der Waals surface area (Å²) in [5.74, 6) is -1.10. The molecule has 1 aromatic heterocycles. The lowest BCUT2D eigenvalue weighted by Gasteiger charge is -2.22. The third kappa shape index (κ3) is 5.97. The van der Waals surface area contributed by atoms with Gasteiger partial charge in [0.2, 0.25) is 11.8 Å². The third-order valence-electron chi connectivity index (χ3n) is 5.73. The second kappa shape index (κ2) is 11.5. The second-order valence-electron chi connectivity index (χ2n) is 8.02. The van der Waals surface area contributed by atoms with Crippen LogP contribution in [-0.4, -0.2) is 48.1 Å². The van der Waals surface area contributed by atoms with Gasteiger partial charge in [0.05, 0.1) is 7.11 Å². The molecule has 2 atom stereocenters. The van der Waals surface area contributed by atoms with Gasteiger partial charge in [-0.3, -0.25) is 9.59 Å². The molecule has 0 aliphatic carbocycles. The van der Waals surface area contributed by atoms with Crippen molar-refractivity contribution in [3.05, 3.63) is 48.2 Å². The number of nitrogens with zero attached hydrogens (tertiary/aromatic N) is 1. The number of amides is 2. The number of para-hydroxylation sites is 1. The van der Waals surface area contributed by atoms with E-state index in [2.05, 4.69) is 33.5 Å². The van der Waals surface area contributed by atoms with Gasteiger partial charge in [0, 0.05) is 30.1 Å². The fourth-order valence-electron chi connectivity index (χ4n) is 4.00. The lowest BCUT2D eigenvalue weighted by Crippen LogP contribution is -2.51. The van der Waals surface area contributed by atoms with Crippen LogP contribution in [-0.2, 0) is 32.1 Å². The number of esters is 1. The van der Waals surface area contributed by atoms with E-state index in [1.807, 2.05) is 24.3 Å². The van der Waals surface area contributed by atoms with Crippen molar-refractivity contribution in [1.29, 1.82) is 0 Å². The van der Waals surface area contributed by atoms with E-state index in [9.17, 15) is 14.4 Å². The zero-order valence-corrected chi connectivity index (χ0v) is 18.5. The highest BCUT2D eigenvalue weighted by atomic mass is 16.5. The van der Waals surface area contributed by atoms with E-state index in [4.69, 9.17) is 10.5 Å². The molecule has 2 bridgehead atoms. The fraction of sp³-hybridized carbons (Fsp3) is 0.458. The highest BCUT2D eigenvalue weighted by Gasteiger charge is 2.26. The molecule has 8 heteroatoms. The maximum absolute atomic E-state index is 12.9. The van der Waals surface area contributed by atoms with Gasteiger partial charge in [-0.15, -0.1) is 0 Å². The van der Waals surface area contributed by atoms with E-state index in [1.165, 1.54) is 7.11 Å². The topological polar surface area (TPSA) is 115 Å². The summed E-state index contributed by atoms with van der Waals surface area (Å²) in [7, 11) is 1.29. The van der Waals surface area contributed by atoms with Crippen LogP contribution >= 0.6 is 0 Å². The monoisotopic (exact) mass is 440 g/mol. The van der Waals surface area contributed by atoms with Crippen molar-refractivity contribution < 1.29 is 19.1 Å². The summed E-state index contributed by atoms with van der Waals surface area (Å²) in [5.41, 5.74) is 7.77. The van der Waals surface area contributed by atoms with Crippen molar-refractivity contribution in [1.82, 2.24) is 15.2 Å². The van der Waals surface area contributed by atoms with Gasteiger partial charge in [-0.05, 0) is 50.3 Å². The van der Waals surface area contributed by atoms with E-state index < -0.39 is 18.1 Å². The van der Waals surface area contributed by atoms with E-state index >= 15 is 0 Å². The standard InChI is InChI=1S/C24H32N4O4/c1-32-24(31)20-10-5-7-15-28-16-17(18-8-2-3-11-21(18)28)12-13-22(29)26-19(23(30)27-20)9-4-6-14-25/h2-3,5,7-8,11,16,19-20H,4,6,9-10,12-15,25H2,1H3,(H,26,29)(H,27,30)/b7-5+/t19-,20-/m1/s1. The number of unbranched alkanes of at least 4 members (excludes halogenated alkanes) is 1. The van der Waals surface area contributed by atoms with Crippen molar-refractivity contribution >= 4 is 28.7 Å². The summed E-state index contributed by atoms with van der Waals surface area (Å²) in [6.45, 7) is 1.14. The number of fused-ring (bicyclic) bond motifs is 5. The Morgan fingerprint density at radius 1 is 1.16 bits per heavy atom. The fourth-order valence-corrected chi connectivity index (χ4v) is 4.00. The third-order valence-corrected chi connectivity index (χ3v) is 5.73. The number of rotatable bonds is 5. The molecule has 2 heterocycles. The van der Waals surface area contributed by atoms with E-state index in [1.54, 1.807) is 0 Å². The maximum Gasteiger partial charge on any atom is 0.328 e. The quantitative estimate of drug-likeness (QED) is 0.373. The molecule has 0 saturated heterocycles. The molecule has 2 amide bonds. The minimum absolute atomic E-state index is 0.197. The van der Waals surface area contributed by atoms with Crippen molar-refractivity contribution in [2.75, 3.05) is 13.7 Å². The molecule has 0 fully saturated rings. The normalized spacial score (nSPS) is 21.2. The molecular weight excluding hydrogens is 408 g/mol. The summed E-state index contributed by atoms with van der Waals surface area (Å²) >= 11 is 0. The first kappa shape index (κ1) is 23.5. The highest BCUT2D eigenvalue weighted by molar-refractivity contribution is 5.91. The van der Waals surface area contributed by atoms with Gasteiger partial charge in [0.15, 0.2) is 0 Å². The molecule has 0 saturated carbocycles. The lowest BCUT2D eigenvalue weighted by molar-refractivity contribution is -0.145. The summed E-state index contributed by atoms with van der Waals surface area (Å²) < 4.78 is 6.99. The van der Waals surface area contributed by atoms with Crippen LogP contribution in [0, 0.1) is 0 Å². The number of ether oxygens (including phenoxy) is 1. The van der Waals surface area contributed by atoms with Gasteiger partial charge < -0.3 is 25.7 Å². The van der Waals surface area contributed by atoms with Gasteiger partial charge in [-0.25, -0.2) is 4.79 Å². The van der Waals surface area contributed by atoms with Crippen LogP contribution in [0.15, 0.2) is 42.6 Å². The molecule has 1 aliphatic heterocycles. The maximum atomic E-state index is 12.9. The highest BCUT2D eigenvalue weighted by Crippen LogP contribution is 2.23. The SMILES string of the molecule is COC(=O)[C@H]1C/C=C/Cn2cc(c3ccccc32)CCC(=O)N[C@H](CCCCN)C(=O)N1. The Kier molecular flexibility index (Phi) is 8.44. The number of carbonyl (C=O) groups is 3. The van der Waals surface area contributed by atoms with E-state index in [0.29, 0.717) is 38.8 Å². The molecule has 2 aromatic rings. The number of nitrogens with one attached hydrogen (secondary N) is 2. The van der Waals surface area contributed by atoms with E-state index in [0.717, 1.165) is 22.9 Å². The Morgan fingerprint density at radius 3 is 2.75 bits per heavy atom. The zero-order valence-electron chi connectivity index (χ0n) is 18.5. The van der Waals surface area contributed by atoms with Crippen molar-refractivity contribution in [3.63, 3.8) is 0 Å². The van der Waals surface area contributed by atoms with Crippen LogP contribution in [0.1, 0.15) is 37.7 Å². The van der Waals surface area contributed by atoms with Crippen LogP contribution in [0.3, 0.4) is 0 Å². The Morgan fingerprint density at radius 2 is 1.97 bits per heavy atom. The lowest BCUT2D eigenvalue weighted by atomic mass is 10.1. The summed E-state index contributed by atoms with van der Waals surface area (Å²) in [5, 5.41) is 6.72. The van der Waals surface area contributed by atoms with Crippen LogP contribution in [0.5, 0.6) is 0 Å². The number of methoxy groups -OCH3 is 1. The zero-order chi connectivity index (χ0) is 22.9. The Hall–Kier alpha value is -3.13. The van der Waals surface area contributed by atoms with E-state index in [-0.39, 0.29) is 18.2 Å². The van der Waals surface area contributed by atoms with Gasteiger partial charge >= 0.3 is 5.97 Å². The second-order valence-corrected chi connectivity index (χ2v) is 8.02. The summed E-state index contributed by atoms with van der Waals surface area (Å²) in [6.07, 6.45) is 8.97. The van der Waals surface area contributed by atoms with Crippen molar-refractivity contribution in [2.24, 2.45) is 5.73 Å². The first-order valence-corrected chi connectivity index (χ1v) is 11.1. The number of carbonyl (C=O) groups excluding carboxylic acids is 3. The minimum Gasteiger partial charge on any atom is -0.467 e. The average molecular weight is 441 g/mol. The van der Waals surface area contributed by atoms with Crippen molar-refractivity contribution in [3.8, 4) is 0 Å². The predicted molar refractivity (Wildman–Crippen MR) is 123 cm³/mol. The van der Waals surface area contributed by atoms with Gasteiger partial charge in [-0.2, -0.15) is 0 Å². The molecule has 3 rings (SSSR count). The minimum atomic E-state index is -0.820. The molecule has 8 nitrogen and oxygen atoms in total. The molecular formula is C24H32N4O4. The van der Waals surface area contributed by atoms with Crippen LogP contribution in [0.4, 0.5) is 0 Å². The molecule has 4 N–H and O–H groups in total. The number of benzene rings is 1. The molecule has 32 heavy (non-hydrogen) atoms. The Balaban J connectivity index is 1.88. The van der Waals surface area contributed by atoms with Crippen molar-refractivity contribution in [2.45, 2.75) is 57.2 Å². The molecule has 0 unspecified atom stereocenters. The number of aromatic nitrogens is 1. The van der Waals surface area contributed by atoms with Crippen LogP contribution in [0.25, 0.3) is 10.9 Å². The number of aryl methyl sites for hydroxylation is 1. The smallest absolute Gasteiger partial charge is 0.328 e. The Labute approximate surface area is 188 Å². The number of nitrogens with two attached hydrogens (primary N) is 1. The number of hydrogen-bond donors (Lipinski definition) is 3. The molecule has 172 valence electrons. The molecule has 1 aromatic carbocycles. The van der Waals surface area contributed by atoms with Crippen LogP contribution < -0.4 is 16.4 Å². The summed E-state index contributed by atoms with van der Waals surface area (Å²) in [4.78, 5) is 37.8. The average Bonchev–Trinajstić information content (AvgIpc) is 3.15. The van der Waals surface area contributed by atoms with Gasteiger partial charge in [-0.1, -0.05) is 30.4 Å². The first-order chi connectivity index (χ1) is 15.5. The first-order valence-electron chi connectivity index (χ1n) is 11.1. The Bertz CT molecular complexity index is 982. The number of hydrogen-bond acceptors (Lipinski definition) is 5. The van der Waals surface area contributed by atoms with Crippen LogP contribution in [0.2, 0.25) is 0 Å². The molecule has 0 radical (unpaired) electrons.